The summed E-state index contributed by atoms with van der Waals surface area (Å²) in [6.07, 6.45) is 1.77. The second kappa shape index (κ2) is 7.32. The summed E-state index contributed by atoms with van der Waals surface area (Å²) in [5.41, 5.74) is 0.629. The van der Waals surface area contributed by atoms with Crippen LogP contribution in [0.3, 0.4) is 0 Å². The van der Waals surface area contributed by atoms with Crippen molar-refractivity contribution in [3.63, 3.8) is 0 Å². The summed E-state index contributed by atoms with van der Waals surface area (Å²) in [5, 5.41) is 41.3. The summed E-state index contributed by atoms with van der Waals surface area (Å²) in [7, 11) is -3.00. The monoisotopic (exact) mass is 358 g/mol. The van der Waals surface area contributed by atoms with Gasteiger partial charge < -0.3 is 24.8 Å². The third kappa shape index (κ3) is 3.79. The number of aromatic carboxylic acids is 1. The highest BCUT2D eigenvalue weighted by Gasteiger charge is 2.37. The Morgan fingerprint density at radius 3 is 2.77 bits per heavy atom. The normalized spacial score (nSPS) is 16.0. The van der Waals surface area contributed by atoms with Crippen molar-refractivity contribution in [3.8, 4) is 5.75 Å². The first-order valence-corrected chi connectivity index (χ1v) is 7.96. The van der Waals surface area contributed by atoms with Gasteiger partial charge in [-0.15, -0.1) is 0 Å². The molecule has 0 saturated carbocycles. The van der Waals surface area contributed by atoms with Gasteiger partial charge in [0.15, 0.2) is 5.78 Å². The maximum absolute atomic E-state index is 12.2. The van der Waals surface area contributed by atoms with E-state index in [9.17, 15) is 19.7 Å². The smallest absolute Gasteiger partial charge is 0.526 e. The van der Waals surface area contributed by atoms with E-state index in [1.807, 2.05) is 0 Å². The third-order valence-corrected chi connectivity index (χ3v) is 4.20. The highest BCUT2D eigenvalue weighted by molar-refractivity contribution is 6.57. The number of fused-ring (bicyclic) bond motifs is 1. The molecule has 11 heteroatoms. The van der Waals surface area contributed by atoms with E-state index in [2.05, 4.69) is 5.10 Å². The van der Waals surface area contributed by atoms with Crippen LogP contribution in [0, 0.1) is 0 Å². The number of carboxylic acids is 1. The summed E-state index contributed by atoms with van der Waals surface area (Å²) in [6.45, 7) is -0.0854. The first kappa shape index (κ1) is 18.2. The van der Waals surface area contributed by atoms with Crippen molar-refractivity contribution in [2.45, 2.75) is 25.2 Å². The molecule has 26 heavy (non-hydrogen) atoms. The largest absolute Gasteiger partial charge is 0.535 e. The molecule has 1 aliphatic heterocycles. The molecule has 0 unspecified atom stereocenters. The van der Waals surface area contributed by atoms with Crippen LogP contribution in [0.15, 0.2) is 30.5 Å². The lowest BCUT2D eigenvalue weighted by Gasteiger charge is -2.28. The zero-order valence-electron chi connectivity index (χ0n) is 13.6. The van der Waals surface area contributed by atoms with Crippen molar-refractivity contribution >= 4 is 31.6 Å². The number of benzene rings is 1. The van der Waals surface area contributed by atoms with Crippen LogP contribution < -0.4 is 10.2 Å². The van der Waals surface area contributed by atoms with Crippen LogP contribution in [0.5, 0.6) is 5.75 Å². The van der Waals surface area contributed by atoms with Gasteiger partial charge in [0.2, 0.25) is 0 Å². The van der Waals surface area contributed by atoms with Gasteiger partial charge in [-0.1, -0.05) is 12.1 Å². The van der Waals surface area contributed by atoms with Crippen molar-refractivity contribution < 1.29 is 34.4 Å². The number of Topliss-reactive ketones (excluding diaryl/α,β-unsaturated/α-hetero) is 1. The number of carbonyl (C=O) groups excluding carboxylic acids is 1. The highest BCUT2D eigenvalue weighted by atomic mass is 16.5. The second-order valence-electron chi connectivity index (χ2n) is 6.13. The van der Waals surface area contributed by atoms with E-state index in [-0.39, 0.29) is 35.7 Å². The van der Waals surface area contributed by atoms with E-state index >= 15 is 0 Å². The molecule has 134 valence electrons. The van der Waals surface area contributed by atoms with Crippen molar-refractivity contribution in [1.82, 2.24) is 9.78 Å². The number of rotatable bonds is 6. The lowest BCUT2D eigenvalue weighted by Crippen LogP contribution is -2.36. The zero-order chi connectivity index (χ0) is 18.8. The van der Waals surface area contributed by atoms with Gasteiger partial charge >= 0.3 is 20.2 Å². The Labute approximate surface area is 149 Å². The number of para-hydroxylation sites is 1. The minimum Gasteiger partial charge on any atom is -0.535 e. The molecule has 0 radical (unpaired) electrons. The average molecular weight is 358 g/mol. The number of nitrogens with zero attached hydrogens (tertiary/aromatic N) is 2. The molecule has 0 spiro atoms. The fourth-order valence-electron chi connectivity index (χ4n) is 2.97. The number of hydrogen-bond acceptors (Lipinski definition) is 7. The molecule has 0 bridgehead atoms. The molecule has 0 amide bonds. The first-order chi connectivity index (χ1) is 12.3. The lowest BCUT2D eigenvalue weighted by atomic mass is 9.64. The summed E-state index contributed by atoms with van der Waals surface area (Å²) in [5.74, 6) is -1.76. The summed E-state index contributed by atoms with van der Waals surface area (Å²) in [6, 6.07) is 6.08. The van der Waals surface area contributed by atoms with Crippen LogP contribution in [0.25, 0.3) is 0 Å². The van der Waals surface area contributed by atoms with Crippen molar-refractivity contribution in [2.75, 3.05) is 0 Å². The Bertz CT molecular complexity index is 839. The minimum absolute atomic E-state index is 0.00871. The van der Waals surface area contributed by atoms with Gasteiger partial charge in [-0.3, -0.25) is 9.48 Å². The van der Waals surface area contributed by atoms with Crippen LogP contribution in [-0.2, 0) is 17.8 Å². The van der Waals surface area contributed by atoms with Gasteiger partial charge in [-0.2, -0.15) is 5.10 Å². The Kier molecular flexibility index (Phi) is 5.12. The predicted octanol–water partition coefficient (Wildman–Crippen LogP) is -1.29. The maximum atomic E-state index is 12.2. The Morgan fingerprint density at radius 1 is 1.35 bits per heavy atom. The Hall–Kier alpha value is -2.62. The summed E-state index contributed by atoms with van der Waals surface area (Å²) < 4.78 is 6.64. The van der Waals surface area contributed by atoms with Crippen LogP contribution in [0.2, 0.25) is 5.82 Å². The van der Waals surface area contributed by atoms with E-state index in [1.54, 1.807) is 12.1 Å². The number of carboxylic acid groups (broad SMARTS) is 1. The summed E-state index contributed by atoms with van der Waals surface area (Å²) in [4.78, 5) is 23.5. The Balaban J connectivity index is 1.67. The van der Waals surface area contributed by atoms with Crippen molar-refractivity contribution in [2.24, 2.45) is 0 Å². The number of hydrogen-bond donors (Lipinski definition) is 4. The fraction of sp³-hybridized carbons (Fsp3) is 0.267. The molecule has 2 aromatic rings. The third-order valence-electron chi connectivity index (χ3n) is 4.20. The SMILES string of the molecule is O=C(C[C@H]1Cc2cccc(C(=O)O)c2OB1O)Cn1ccc(B(O)O)n1. The topological polar surface area (TPSA) is 142 Å². The minimum atomic E-state index is -1.71. The molecule has 4 N–H and O–H groups in total. The van der Waals surface area contributed by atoms with Gasteiger partial charge in [0.05, 0.1) is 17.7 Å². The second-order valence-corrected chi connectivity index (χ2v) is 6.13. The predicted molar refractivity (Wildman–Crippen MR) is 91.1 cm³/mol. The van der Waals surface area contributed by atoms with E-state index in [1.165, 1.54) is 23.0 Å². The molecule has 2 heterocycles. The maximum Gasteiger partial charge on any atom is 0.526 e. The summed E-state index contributed by atoms with van der Waals surface area (Å²) >= 11 is 0. The molecule has 0 fully saturated rings. The standard InChI is InChI=1S/C15H16B2N2O7/c20-11(8-19-5-4-13(18-19)16(23)24)7-10-6-9-2-1-3-12(15(21)22)14(9)26-17(10)25/h1-5,10,23-25H,6-8H2,(H,21,22)/t10-/m1/s1. The van der Waals surface area contributed by atoms with Crippen molar-refractivity contribution in [3.05, 3.63) is 41.6 Å². The first-order valence-electron chi connectivity index (χ1n) is 7.96. The van der Waals surface area contributed by atoms with Gasteiger partial charge in [0, 0.05) is 18.4 Å². The van der Waals surface area contributed by atoms with Gasteiger partial charge in [-0.25, -0.2) is 4.79 Å². The molecular weight excluding hydrogens is 342 g/mol. The zero-order valence-corrected chi connectivity index (χ0v) is 13.6. The fourth-order valence-corrected chi connectivity index (χ4v) is 2.97. The highest BCUT2D eigenvalue weighted by Crippen LogP contribution is 2.36. The molecule has 3 rings (SSSR count). The molecule has 1 aromatic carbocycles. The molecule has 1 aliphatic rings. The molecule has 9 nitrogen and oxygen atoms in total. The average Bonchev–Trinajstić information content (AvgIpc) is 3.03. The van der Waals surface area contributed by atoms with E-state index in [0.717, 1.165) is 0 Å². The quantitative estimate of drug-likeness (QED) is 0.467. The number of aromatic nitrogens is 2. The molecular formula is C15H16B2N2O7. The van der Waals surface area contributed by atoms with Crippen LogP contribution >= 0.6 is 0 Å². The Morgan fingerprint density at radius 2 is 2.12 bits per heavy atom. The molecule has 0 aliphatic carbocycles. The van der Waals surface area contributed by atoms with Gasteiger partial charge in [0.25, 0.3) is 0 Å². The van der Waals surface area contributed by atoms with E-state index < -0.39 is 26.0 Å². The number of carbonyl (C=O) groups is 2. The molecule has 1 aromatic heterocycles. The van der Waals surface area contributed by atoms with Crippen molar-refractivity contribution in [1.29, 1.82) is 0 Å². The lowest BCUT2D eigenvalue weighted by molar-refractivity contribution is -0.120. The molecule has 1 atom stereocenters. The van der Waals surface area contributed by atoms with Gasteiger partial charge in [-0.05, 0) is 24.1 Å². The van der Waals surface area contributed by atoms with Crippen LogP contribution in [0.1, 0.15) is 22.3 Å². The van der Waals surface area contributed by atoms with E-state index in [4.69, 9.17) is 14.7 Å². The van der Waals surface area contributed by atoms with Crippen LogP contribution in [-0.4, -0.2) is 55.9 Å². The van der Waals surface area contributed by atoms with E-state index in [0.29, 0.717) is 12.0 Å². The molecule has 0 saturated heterocycles. The number of ketones is 1. The van der Waals surface area contributed by atoms with Crippen LogP contribution in [0.4, 0.5) is 0 Å². The van der Waals surface area contributed by atoms with Gasteiger partial charge in [0.1, 0.15) is 5.75 Å².